The van der Waals surface area contributed by atoms with E-state index in [4.69, 9.17) is 14.2 Å². The number of rotatable bonds is 10. The van der Waals surface area contributed by atoms with Crippen LogP contribution in [0.15, 0.2) is 42.5 Å². The molecule has 0 bridgehead atoms. The van der Waals surface area contributed by atoms with Crippen LogP contribution in [0, 0.1) is 0 Å². The summed E-state index contributed by atoms with van der Waals surface area (Å²) in [6.45, 7) is 7.04. The van der Waals surface area contributed by atoms with Crippen LogP contribution >= 0.6 is 0 Å². The Morgan fingerprint density at radius 3 is 2.18 bits per heavy atom. The Morgan fingerprint density at radius 1 is 0.857 bits per heavy atom. The average molecular weight is 385 g/mol. The van der Waals surface area contributed by atoms with Gasteiger partial charge in [-0.05, 0) is 69.2 Å². The van der Waals surface area contributed by atoms with Crippen molar-refractivity contribution in [3.8, 4) is 11.5 Å². The number of carbonyl (C=O) groups excluding carboxylic acids is 2. The van der Waals surface area contributed by atoms with Crippen molar-refractivity contribution in [3.05, 3.63) is 53.6 Å². The minimum atomic E-state index is -0.374. The molecule has 0 saturated carbocycles. The average Bonchev–Trinajstić information content (AvgIpc) is 2.69. The minimum absolute atomic E-state index is 0.101. The molecule has 0 heterocycles. The molecule has 2 aromatic rings. The minimum Gasteiger partial charge on any atom is -0.490 e. The number of amides is 1. The molecule has 1 amide bonds. The highest BCUT2D eigenvalue weighted by atomic mass is 16.5. The van der Waals surface area contributed by atoms with Gasteiger partial charge in [0.2, 0.25) is 5.91 Å². The van der Waals surface area contributed by atoms with Crippen molar-refractivity contribution in [1.82, 2.24) is 0 Å². The van der Waals surface area contributed by atoms with Crippen molar-refractivity contribution >= 4 is 17.6 Å². The number of hydrogen-bond donors (Lipinski definition) is 1. The Bertz CT molecular complexity index is 786. The van der Waals surface area contributed by atoms with Gasteiger partial charge in [-0.15, -0.1) is 0 Å². The second-order valence-corrected chi connectivity index (χ2v) is 5.99. The summed E-state index contributed by atoms with van der Waals surface area (Å²) >= 11 is 0. The third-order valence-corrected chi connectivity index (χ3v) is 3.93. The lowest BCUT2D eigenvalue weighted by Gasteiger charge is -2.12. The second-order valence-electron chi connectivity index (χ2n) is 5.99. The molecule has 150 valence electrons. The van der Waals surface area contributed by atoms with E-state index >= 15 is 0 Å². The van der Waals surface area contributed by atoms with Gasteiger partial charge in [0.1, 0.15) is 0 Å². The summed E-state index contributed by atoms with van der Waals surface area (Å²) in [4.78, 5) is 23.9. The molecule has 0 spiro atoms. The van der Waals surface area contributed by atoms with Crippen LogP contribution in [0.25, 0.3) is 0 Å². The van der Waals surface area contributed by atoms with Gasteiger partial charge in [-0.1, -0.05) is 6.07 Å². The number of esters is 1. The van der Waals surface area contributed by atoms with Gasteiger partial charge in [0.05, 0.1) is 25.4 Å². The molecule has 1 N–H and O–H groups in total. The van der Waals surface area contributed by atoms with Crippen LogP contribution < -0.4 is 14.8 Å². The van der Waals surface area contributed by atoms with E-state index in [0.29, 0.717) is 55.4 Å². The van der Waals surface area contributed by atoms with Gasteiger partial charge in [-0.2, -0.15) is 0 Å². The number of nitrogens with one attached hydrogen (secondary N) is 1. The molecule has 0 aliphatic heterocycles. The summed E-state index contributed by atoms with van der Waals surface area (Å²) in [5, 5.41) is 2.83. The molecular weight excluding hydrogens is 358 g/mol. The number of aryl methyl sites for hydroxylation is 1. The summed E-state index contributed by atoms with van der Waals surface area (Å²) in [5.41, 5.74) is 2.09. The number of benzene rings is 2. The van der Waals surface area contributed by atoms with E-state index in [2.05, 4.69) is 5.32 Å². The van der Waals surface area contributed by atoms with Gasteiger partial charge in [0.15, 0.2) is 11.5 Å². The lowest BCUT2D eigenvalue weighted by atomic mass is 10.1. The van der Waals surface area contributed by atoms with Gasteiger partial charge >= 0.3 is 5.97 Å². The predicted molar refractivity (Wildman–Crippen MR) is 108 cm³/mol. The van der Waals surface area contributed by atoms with Crippen LogP contribution in [0.5, 0.6) is 11.5 Å². The highest BCUT2D eigenvalue weighted by molar-refractivity contribution is 5.93. The topological polar surface area (TPSA) is 73.9 Å². The Morgan fingerprint density at radius 2 is 1.54 bits per heavy atom. The lowest BCUT2D eigenvalue weighted by molar-refractivity contribution is -0.116. The van der Waals surface area contributed by atoms with E-state index in [1.165, 1.54) is 0 Å². The van der Waals surface area contributed by atoms with Gasteiger partial charge in [-0.25, -0.2) is 4.79 Å². The van der Waals surface area contributed by atoms with Crippen molar-refractivity contribution in [2.24, 2.45) is 0 Å². The third kappa shape index (κ3) is 6.30. The molecule has 0 radical (unpaired) electrons. The molecule has 28 heavy (non-hydrogen) atoms. The molecular formula is C22H27NO5. The summed E-state index contributed by atoms with van der Waals surface area (Å²) in [5.74, 6) is 0.924. The van der Waals surface area contributed by atoms with Gasteiger partial charge < -0.3 is 19.5 Å². The number of hydrogen-bond acceptors (Lipinski definition) is 5. The number of ether oxygens (including phenoxy) is 3. The van der Waals surface area contributed by atoms with Crippen LogP contribution in [0.3, 0.4) is 0 Å². The first-order valence-electron chi connectivity index (χ1n) is 9.52. The summed E-state index contributed by atoms with van der Waals surface area (Å²) in [6, 6.07) is 12.4. The first kappa shape index (κ1) is 21.3. The van der Waals surface area contributed by atoms with Crippen molar-refractivity contribution in [1.29, 1.82) is 0 Å². The van der Waals surface area contributed by atoms with Crippen LogP contribution in [0.4, 0.5) is 5.69 Å². The van der Waals surface area contributed by atoms with Gasteiger partial charge in [0.25, 0.3) is 0 Å². The molecule has 0 saturated heterocycles. The van der Waals surface area contributed by atoms with E-state index in [1.54, 1.807) is 31.2 Å². The Balaban J connectivity index is 1.91. The van der Waals surface area contributed by atoms with Gasteiger partial charge in [-0.3, -0.25) is 4.79 Å². The van der Waals surface area contributed by atoms with E-state index in [1.807, 2.05) is 32.0 Å². The monoisotopic (exact) mass is 385 g/mol. The van der Waals surface area contributed by atoms with E-state index in [0.717, 1.165) is 5.56 Å². The summed E-state index contributed by atoms with van der Waals surface area (Å²) < 4.78 is 16.1. The normalized spacial score (nSPS) is 10.2. The Labute approximate surface area is 165 Å². The first-order chi connectivity index (χ1) is 13.6. The Kier molecular flexibility index (Phi) is 8.34. The van der Waals surface area contributed by atoms with Crippen molar-refractivity contribution in [2.75, 3.05) is 25.1 Å². The SMILES string of the molecule is CCOC(=O)c1ccc(NC(=O)CCc2ccc(OCC)c(OCC)c2)cc1. The maximum atomic E-state index is 12.2. The van der Waals surface area contributed by atoms with Crippen LogP contribution in [-0.4, -0.2) is 31.7 Å². The quantitative estimate of drug-likeness (QED) is 0.620. The molecule has 0 aliphatic carbocycles. The third-order valence-electron chi connectivity index (χ3n) is 3.93. The zero-order valence-corrected chi connectivity index (χ0v) is 16.6. The second kappa shape index (κ2) is 11.0. The molecule has 2 rings (SSSR count). The molecule has 6 nitrogen and oxygen atoms in total. The smallest absolute Gasteiger partial charge is 0.338 e. The van der Waals surface area contributed by atoms with Crippen molar-refractivity contribution < 1.29 is 23.8 Å². The standard InChI is InChI=1S/C22H27NO5/c1-4-26-19-13-7-16(15-20(19)27-5-2)8-14-21(24)23-18-11-9-17(10-12-18)22(25)28-6-3/h7,9-13,15H,4-6,8,14H2,1-3H3,(H,23,24). The fraction of sp³-hybridized carbons (Fsp3) is 0.364. The number of carbonyl (C=O) groups is 2. The van der Waals surface area contributed by atoms with Gasteiger partial charge in [0, 0.05) is 12.1 Å². The summed E-state index contributed by atoms with van der Waals surface area (Å²) in [6.07, 6.45) is 0.915. The highest BCUT2D eigenvalue weighted by Crippen LogP contribution is 2.29. The van der Waals surface area contributed by atoms with Crippen molar-refractivity contribution in [3.63, 3.8) is 0 Å². The largest absolute Gasteiger partial charge is 0.490 e. The molecule has 6 heteroatoms. The van der Waals surface area contributed by atoms with E-state index < -0.39 is 0 Å². The molecule has 0 unspecified atom stereocenters. The highest BCUT2D eigenvalue weighted by Gasteiger charge is 2.10. The van der Waals surface area contributed by atoms with E-state index in [-0.39, 0.29) is 11.9 Å². The van der Waals surface area contributed by atoms with Crippen LogP contribution in [0.1, 0.15) is 43.1 Å². The first-order valence-corrected chi connectivity index (χ1v) is 9.52. The fourth-order valence-electron chi connectivity index (χ4n) is 2.64. The zero-order valence-electron chi connectivity index (χ0n) is 16.6. The molecule has 0 atom stereocenters. The molecule has 0 fully saturated rings. The van der Waals surface area contributed by atoms with Crippen LogP contribution in [0.2, 0.25) is 0 Å². The Hall–Kier alpha value is -3.02. The number of anilines is 1. The maximum Gasteiger partial charge on any atom is 0.338 e. The molecule has 2 aromatic carbocycles. The fourth-order valence-corrected chi connectivity index (χ4v) is 2.64. The van der Waals surface area contributed by atoms with Crippen molar-refractivity contribution in [2.45, 2.75) is 33.6 Å². The van der Waals surface area contributed by atoms with E-state index in [9.17, 15) is 9.59 Å². The molecule has 0 aromatic heterocycles. The molecule has 0 aliphatic rings. The summed E-state index contributed by atoms with van der Waals surface area (Å²) in [7, 11) is 0. The maximum absolute atomic E-state index is 12.2. The zero-order chi connectivity index (χ0) is 20.4. The van der Waals surface area contributed by atoms with Crippen LogP contribution in [-0.2, 0) is 16.0 Å². The lowest BCUT2D eigenvalue weighted by Crippen LogP contribution is -2.12. The predicted octanol–water partition coefficient (Wildman–Crippen LogP) is 4.23.